The predicted molar refractivity (Wildman–Crippen MR) is 112 cm³/mol. The van der Waals surface area contributed by atoms with Gasteiger partial charge in [0.15, 0.2) is 0 Å². The van der Waals surface area contributed by atoms with Crippen LogP contribution >= 0.6 is 0 Å². The van der Waals surface area contributed by atoms with Crippen molar-refractivity contribution < 1.29 is 13.2 Å². The van der Waals surface area contributed by atoms with Gasteiger partial charge in [-0.3, -0.25) is 9.78 Å². The number of hydrogen-bond acceptors (Lipinski definition) is 5. The Kier molecular flexibility index (Phi) is 5.02. The molecule has 0 aliphatic carbocycles. The van der Waals surface area contributed by atoms with Crippen molar-refractivity contribution in [3.8, 4) is 0 Å². The van der Waals surface area contributed by atoms with Crippen LogP contribution in [0.15, 0.2) is 63.9 Å². The van der Waals surface area contributed by atoms with Crippen LogP contribution in [0.5, 0.6) is 0 Å². The lowest BCUT2D eigenvalue weighted by Crippen LogP contribution is -2.30. The SMILES string of the molecule is Cc1cc(C(=O)NCCCNC2=NS(=O)(=O)c3ccccc32)c2ccccc2n1. The molecule has 1 aromatic heterocycles. The summed E-state index contributed by atoms with van der Waals surface area (Å²) < 4.78 is 27.9. The van der Waals surface area contributed by atoms with Crippen LogP contribution in [0.25, 0.3) is 10.9 Å². The summed E-state index contributed by atoms with van der Waals surface area (Å²) in [6.45, 7) is 2.80. The summed E-state index contributed by atoms with van der Waals surface area (Å²) >= 11 is 0. The standard InChI is InChI=1S/C21H20N4O3S/c1-14-13-17(15-7-2-4-9-18(15)24-14)21(26)23-12-6-11-22-20-16-8-3-5-10-19(16)29(27,28)25-20/h2-5,7-10,13H,6,11-12H2,1H3,(H,22,25)(H,23,26). The van der Waals surface area contributed by atoms with Gasteiger partial charge in [-0.2, -0.15) is 8.42 Å². The first-order valence-electron chi connectivity index (χ1n) is 9.28. The number of rotatable bonds is 5. The molecule has 148 valence electrons. The summed E-state index contributed by atoms with van der Waals surface area (Å²) in [7, 11) is -3.62. The number of carbonyl (C=O) groups excluding carboxylic acids is 1. The Labute approximate surface area is 168 Å². The number of amidine groups is 1. The zero-order valence-electron chi connectivity index (χ0n) is 15.8. The molecule has 0 bridgehead atoms. The fourth-order valence-corrected chi connectivity index (χ4v) is 4.52. The van der Waals surface area contributed by atoms with E-state index < -0.39 is 10.0 Å². The molecule has 3 aromatic rings. The van der Waals surface area contributed by atoms with E-state index in [2.05, 4.69) is 20.0 Å². The maximum atomic E-state index is 12.6. The smallest absolute Gasteiger partial charge is 0.285 e. The van der Waals surface area contributed by atoms with E-state index in [0.717, 1.165) is 16.6 Å². The van der Waals surface area contributed by atoms with E-state index in [-0.39, 0.29) is 10.8 Å². The van der Waals surface area contributed by atoms with Crippen LogP contribution in [0.3, 0.4) is 0 Å². The predicted octanol–water partition coefficient (Wildman–Crippen LogP) is 2.40. The van der Waals surface area contributed by atoms with Gasteiger partial charge >= 0.3 is 0 Å². The molecular formula is C21H20N4O3S. The second-order valence-corrected chi connectivity index (χ2v) is 8.35. The topological polar surface area (TPSA) is 101 Å². The molecule has 0 saturated heterocycles. The Balaban J connectivity index is 1.35. The van der Waals surface area contributed by atoms with E-state index >= 15 is 0 Å². The Hall–Kier alpha value is -3.26. The third-order valence-corrected chi connectivity index (χ3v) is 5.99. The van der Waals surface area contributed by atoms with Crippen LogP contribution in [0, 0.1) is 6.92 Å². The number of para-hydroxylation sites is 1. The molecule has 2 N–H and O–H groups in total. The summed E-state index contributed by atoms with van der Waals surface area (Å²) in [6, 6.07) is 16.1. The maximum Gasteiger partial charge on any atom is 0.285 e. The van der Waals surface area contributed by atoms with Crippen molar-refractivity contribution in [1.29, 1.82) is 0 Å². The highest BCUT2D eigenvalue weighted by atomic mass is 32.2. The fraction of sp³-hybridized carbons (Fsp3) is 0.190. The molecule has 1 amide bonds. The molecule has 0 radical (unpaired) electrons. The van der Waals surface area contributed by atoms with Gasteiger partial charge in [0.2, 0.25) is 0 Å². The number of benzene rings is 2. The Morgan fingerprint density at radius 2 is 1.79 bits per heavy atom. The molecule has 0 unspecified atom stereocenters. The van der Waals surface area contributed by atoms with Crippen molar-refractivity contribution >= 4 is 32.7 Å². The largest absolute Gasteiger partial charge is 0.369 e. The van der Waals surface area contributed by atoms with Crippen LogP contribution < -0.4 is 10.6 Å². The second-order valence-electron chi connectivity index (χ2n) is 6.78. The number of aryl methyl sites for hydroxylation is 1. The number of nitrogens with one attached hydrogen (secondary N) is 2. The molecule has 0 fully saturated rings. The van der Waals surface area contributed by atoms with Gasteiger partial charge in [-0.1, -0.05) is 30.3 Å². The van der Waals surface area contributed by atoms with E-state index in [9.17, 15) is 13.2 Å². The number of nitrogens with zero attached hydrogens (tertiary/aromatic N) is 2. The average molecular weight is 408 g/mol. The van der Waals surface area contributed by atoms with Gasteiger partial charge in [0.1, 0.15) is 10.7 Å². The molecule has 0 spiro atoms. The molecule has 4 rings (SSSR count). The quantitative estimate of drug-likeness (QED) is 0.632. The summed E-state index contributed by atoms with van der Waals surface area (Å²) in [5.74, 6) is 0.195. The van der Waals surface area contributed by atoms with E-state index in [1.54, 1.807) is 30.3 Å². The third kappa shape index (κ3) is 3.84. The molecular weight excluding hydrogens is 388 g/mol. The molecule has 1 aliphatic rings. The molecule has 2 aromatic carbocycles. The Morgan fingerprint density at radius 3 is 2.66 bits per heavy atom. The van der Waals surface area contributed by atoms with E-state index in [0.29, 0.717) is 36.5 Å². The molecule has 7 nitrogen and oxygen atoms in total. The normalized spacial score (nSPS) is 14.3. The Bertz CT molecular complexity index is 1240. The number of carbonyl (C=O) groups is 1. The number of fused-ring (bicyclic) bond motifs is 2. The lowest BCUT2D eigenvalue weighted by Gasteiger charge is -2.10. The van der Waals surface area contributed by atoms with E-state index in [4.69, 9.17) is 0 Å². The highest BCUT2D eigenvalue weighted by Gasteiger charge is 2.27. The number of aromatic nitrogens is 1. The van der Waals surface area contributed by atoms with Crippen LogP contribution in [-0.2, 0) is 10.0 Å². The first-order chi connectivity index (χ1) is 14.0. The number of pyridine rings is 1. The van der Waals surface area contributed by atoms with Gasteiger partial charge in [0, 0.05) is 29.7 Å². The van der Waals surface area contributed by atoms with Crippen LogP contribution in [0.4, 0.5) is 0 Å². The van der Waals surface area contributed by atoms with Crippen molar-refractivity contribution in [2.45, 2.75) is 18.2 Å². The lowest BCUT2D eigenvalue weighted by molar-refractivity contribution is 0.0955. The lowest BCUT2D eigenvalue weighted by atomic mass is 10.1. The first kappa shape index (κ1) is 19.1. The Morgan fingerprint density at radius 1 is 1.03 bits per heavy atom. The van der Waals surface area contributed by atoms with Gasteiger partial charge < -0.3 is 10.6 Å². The van der Waals surface area contributed by atoms with Crippen LogP contribution in [0.1, 0.15) is 28.0 Å². The minimum absolute atomic E-state index is 0.155. The zero-order valence-corrected chi connectivity index (χ0v) is 16.7. The van der Waals surface area contributed by atoms with Gasteiger partial charge in [0.25, 0.3) is 15.9 Å². The monoisotopic (exact) mass is 408 g/mol. The highest BCUT2D eigenvalue weighted by Crippen LogP contribution is 2.24. The fourth-order valence-electron chi connectivity index (χ4n) is 3.32. The second kappa shape index (κ2) is 7.63. The average Bonchev–Trinajstić information content (AvgIpc) is 2.97. The summed E-state index contributed by atoms with van der Waals surface area (Å²) in [6.07, 6.45) is 0.620. The summed E-state index contributed by atoms with van der Waals surface area (Å²) in [5.41, 5.74) is 2.75. The molecule has 29 heavy (non-hydrogen) atoms. The minimum atomic E-state index is -3.62. The van der Waals surface area contributed by atoms with E-state index in [1.165, 1.54) is 0 Å². The van der Waals surface area contributed by atoms with Gasteiger partial charge in [-0.15, -0.1) is 4.40 Å². The van der Waals surface area contributed by atoms with Crippen molar-refractivity contribution in [3.05, 3.63) is 71.4 Å². The number of hydrogen-bond donors (Lipinski definition) is 2. The zero-order chi connectivity index (χ0) is 20.4. The van der Waals surface area contributed by atoms with Crippen LogP contribution in [0.2, 0.25) is 0 Å². The molecule has 8 heteroatoms. The molecule has 0 atom stereocenters. The van der Waals surface area contributed by atoms with Crippen molar-refractivity contribution in [1.82, 2.24) is 15.6 Å². The van der Waals surface area contributed by atoms with Crippen LogP contribution in [-0.4, -0.2) is 38.2 Å². The number of amides is 1. The van der Waals surface area contributed by atoms with Crippen molar-refractivity contribution in [3.63, 3.8) is 0 Å². The first-order valence-corrected chi connectivity index (χ1v) is 10.7. The van der Waals surface area contributed by atoms with Crippen molar-refractivity contribution in [2.75, 3.05) is 13.1 Å². The highest BCUT2D eigenvalue weighted by molar-refractivity contribution is 7.90. The molecule has 1 aliphatic heterocycles. The number of sulfonamides is 1. The van der Waals surface area contributed by atoms with Gasteiger partial charge in [-0.05, 0) is 37.6 Å². The maximum absolute atomic E-state index is 12.6. The minimum Gasteiger partial charge on any atom is -0.369 e. The summed E-state index contributed by atoms with van der Waals surface area (Å²) in [4.78, 5) is 17.3. The molecule has 0 saturated carbocycles. The van der Waals surface area contributed by atoms with Crippen molar-refractivity contribution in [2.24, 2.45) is 4.40 Å². The van der Waals surface area contributed by atoms with Gasteiger partial charge in [-0.25, -0.2) is 0 Å². The van der Waals surface area contributed by atoms with Gasteiger partial charge in [0.05, 0.1) is 11.1 Å². The third-order valence-electron chi connectivity index (χ3n) is 4.65. The summed E-state index contributed by atoms with van der Waals surface area (Å²) in [5, 5.41) is 6.79. The molecule has 2 heterocycles. The van der Waals surface area contributed by atoms with E-state index in [1.807, 2.05) is 31.2 Å².